The summed E-state index contributed by atoms with van der Waals surface area (Å²) in [7, 11) is 1.61. The number of hydrogen-bond donors (Lipinski definition) is 2. The number of thioether (sulfide) groups is 1. The van der Waals surface area contributed by atoms with E-state index < -0.39 is 0 Å². The summed E-state index contributed by atoms with van der Waals surface area (Å²) in [6, 6.07) is 23.4. The molecule has 8 heteroatoms. The standard InChI is InChI=1S/C25H23FN4O2S/c1-32-21-13-9-18(10-14-21)22(15-23(31)27-16-17-5-3-2-4-6-17)33-25-28-24(29-30-25)19-7-11-20(26)12-8-19/h2-14,22H,15-16H2,1H3,(H,27,31)(H,28,29,30)/t22-/m1/s1. The molecule has 4 rings (SSSR count). The van der Waals surface area contributed by atoms with Gasteiger partial charge >= 0.3 is 0 Å². The molecule has 0 aliphatic rings. The zero-order chi connectivity index (χ0) is 23.0. The first-order valence-electron chi connectivity index (χ1n) is 10.4. The Hall–Kier alpha value is -3.65. The lowest BCUT2D eigenvalue weighted by Crippen LogP contribution is -2.24. The molecule has 1 heterocycles. The molecule has 0 bridgehead atoms. The number of carbonyl (C=O) groups is 1. The van der Waals surface area contributed by atoms with Gasteiger partial charge in [0.1, 0.15) is 11.6 Å². The van der Waals surface area contributed by atoms with Gasteiger partial charge in [-0.3, -0.25) is 9.89 Å². The summed E-state index contributed by atoms with van der Waals surface area (Å²) in [5, 5.41) is 10.5. The van der Waals surface area contributed by atoms with Gasteiger partial charge in [-0.25, -0.2) is 9.37 Å². The molecule has 1 aromatic heterocycles. The van der Waals surface area contributed by atoms with Crippen molar-refractivity contribution in [2.45, 2.75) is 23.4 Å². The van der Waals surface area contributed by atoms with Crippen molar-refractivity contribution >= 4 is 17.7 Å². The minimum atomic E-state index is -0.311. The van der Waals surface area contributed by atoms with Crippen molar-refractivity contribution in [1.29, 1.82) is 0 Å². The average molecular weight is 463 g/mol. The average Bonchev–Trinajstić information content (AvgIpc) is 3.32. The molecule has 6 nitrogen and oxygen atoms in total. The molecule has 2 N–H and O–H groups in total. The first-order chi connectivity index (χ1) is 16.1. The number of carbonyl (C=O) groups excluding carboxylic acids is 1. The van der Waals surface area contributed by atoms with Crippen LogP contribution < -0.4 is 10.1 Å². The predicted octanol–water partition coefficient (Wildman–Crippen LogP) is 5.16. The molecule has 1 atom stereocenters. The van der Waals surface area contributed by atoms with Gasteiger partial charge in [0.05, 0.1) is 7.11 Å². The minimum absolute atomic E-state index is 0.0681. The van der Waals surface area contributed by atoms with Gasteiger partial charge in [-0.15, -0.1) is 5.10 Å². The van der Waals surface area contributed by atoms with E-state index in [9.17, 15) is 9.18 Å². The Morgan fingerprint density at radius 3 is 2.48 bits per heavy atom. The fraction of sp³-hybridized carbons (Fsp3) is 0.160. The molecule has 0 fully saturated rings. The lowest BCUT2D eigenvalue weighted by atomic mass is 10.1. The summed E-state index contributed by atoms with van der Waals surface area (Å²) >= 11 is 1.39. The van der Waals surface area contributed by atoms with Crippen LogP contribution in [0.3, 0.4) is 0 Å². The topological polar surface area (TPSA) is 79.9 Å². The van der Waals surface area contributed by atoms with Crippen molar-refractivity contribution in [2.24, 2.45) is 0 Å². The minimum Gasteiger partial charge on any atom is -0.497 e. The molecular weight excluding hydrogens is 439 g/mol. The van der Waals surface area contributed by atoms with Crippen LogP contribution in [0.5, 0.6) is 5.75 Å². The van der Waals surface area contributed by atoms with Crippen LogP contribution in [0.2, 0.25) is 0 Å². The monoisotopic (exact) mass is 462 g/mol. The maximum absolute atomic E-state index is 13.2. The van der Waals surface area contributed by atoms with Crippen LogP contribution in [-0.4, -0.2) is 28.2 Å². The number of aromatic nitrogens is 3. The van der Waals surface area contributed by atoms with E-state index in [-0.39, 0.29) is 23.4 Å². The molecule has 1 amide bonds. The highest BCUT2D eigenvalue weighted by Crippen LogP contribution is 2.37. The summed E-state index contributed by atoms with van der Waals surface area (Å²) in [5.74, 6) is 0.905. The van der Waals surface area contributed by atoms with Crippen molar-refractivity contribution in [1.82, 2.24) is 20.5 Å². The number of H-pyrrole nitrogens is 1. The van der Waals surface area contributed by atoms with E-state index in [2.05, 4.69) is 20.5 Å². The Balaban J connectivity index is 1.48. The number of hydrogen-bond acceptors (Lipinski definition) is 5. The van der Waals surface area contributed by atoms with Crippen LogP contribution in [0.4, 0.5) is 4.39 Å². The number of halogens is 1. The summed E-state index contributed by atoms with van der Waals surface area (Å²) in [5.41, 5.74) is 2.73. The summed E-state index contributed by atoms with van der Waals surface area (Å²) in [6.45, 7) is 0.467. The third kappa shape index (κ3) is 6.20. The first-order valence-corrected chi connectivity index (χ1v) is 11.3. The van der Waals surface area contributed by atoms with Crippen molar-refractivity contribution in [3.05, 3.63) is 95.8 Å². The van der Waals surface area contributed by atoms with Crippen molar-refractivity contribution < 1.29 is 13.9 Å². The normalized spacial score (nSPS) is 11.7. The lowest BCUT2D eigenvalue weighted by molar-refractivity contribution is -0.121. The third-order valence-electron chi connectivity index (χ3n) is 5.02. The summed E-state index contributed by atoms with van der Waals surface area (Å²) in [6.07, 6.45) is 0.254. The number of nitrogens with zero attached hydrogens (tertiary/aromatic N) is 2. The van der Waals surface area contributed by atoms with Gasteiger partial charge in [0, 0.05) is 23.8 Å². The number of nitrogens with one attached hydrogen (secondary N) is 2. The van der Waals surface area contributed by atoms with E-state index in [0.29, 0.717) is 17.5 Å². The zero-order valence-electron chi connectivity index (χ0n) is 18.0. The van der Waals surface area contributed by atoms with Gasteiger partial charge in [-0.1, -0.05) is 54.2 Å². The van der Waals surface area contributed by atoms with Crippen molar-refractivity contribution in [3.63, 3.8) is 0 Å². The van der Waals surface area contributed by atoms with Crippen LogP contribution in [-0.2, 0) is 11.3 Å². The molecule has 0 radical (unpaired) electrons. The SMILES string of the molecule is COc1ccc([C@@H](CC(=O)NCc2ccccc2)Sc2n[nH]c(-c3ccc(F)cc3)n2)cc1. The van der Waals surface area contributed by atoms with E-state index in [1.807, 2.05) is 54.6 Å². The molecule has 0 spiro atoms. The molecule has 0 aliphatic heterocycles. The number of benzene rings is 3. The molecular formula is C25H23FN4O2S. The highest BCUT2D eigenvalue weighted by molar-refractivity contribution is 7.99. The summed E-state index contributed by atoms with van der Waals surface area (Å²) < 4.78 is 18.5. The third-order valence-corrected chi connectivity index (χ3v) is 6.14. The smallest absolute Gasteiger partial charge is 0.221 e. The van der Waals surface area contributed by atoms with E-state index in [4.69, 9.17) is 4.74 Å². The van der Waals surface area contributed by atoms with Crippen LogP contribution in [0.25, 0.3) is 11.4 Å². The van der Waals surface area contributed by atoms with Crippen molar-refractivity contribution in [2.75, 3.05) is 7.11 Å². The molecule has 0 unspecified atom stereocenters. The summed E-state index contributed by atoms with van der Waals surface area (Å²) in [4.78, 5) is 17.3. The fourth-order valence-corrected chi connectivity index (χ4v) is 4.27. The number of rotatable bonds is 9. The molecule has 0 aliphatic carbocycles. The zero-order valence-corrected chi connectivity index (χ0v) is 18.8. The Bertz CT molecular complexity index is 1180. The van der Waals surface area contributed by atoms with Crippen LogP contribution in [0, 0.1) is 5.82 Å². The molecule has 0 saturated heterocycles. The molecule has 168 valence electrons. The predicted molar refractivity (Wildman–Crippen MR) is 126 cm³/mol. The molecule has 0 saturated carbocycles. The van der Waals surface area contributed by atoms with Gasteiger partial charge in [-0.2, -0.15) is 0 Å². The van der Waals surface area contributed by atoms with Crippen LogP contribution in [0.15, 0.2) is 84.0 Å². The lowest BCUT2D eigenvalue weighted by Gasteiger charge is -2.16. The van der Waals surface area contributed by atoms with Gasteiger partial charge in [0.15, 0.2) is 5.82 Å². The Morgan fingerprint density at radius 2 is 1.79 bits per heavy atom. The molecule has 3 aromatic carbocycles. The number of methoxy groups -OCH3 is 1. The Labute approximate surface area is 195 Å². The Morgan fingerprint density at radius 1 is 1.06 bits per heavy atom. The van der Waals surface area contributed by atoms with Crippen LogP contribution >= 0.6 is 11.8 Å². The maximum Gasteiger partial charge on any atom is 0.221 e. The second-order valence-corrected chi connectivity index (χ2v) is 8.49. The fourth-order valence-electron chi connectivity index (χ4n) is 3.25. The van der Waals surface area contributed by atoms with Gasteiger partial charge in [-0.05, 0) is 47.5 Å². The van der Waals surface area contributed by atoms with Gasteiger partial charge < -0.3 is 10.1 Å². The second-order valence-electron chi connectivity index (χ2n) is 7.32. The number of aromatic amines is 1. The molecule has 33 heavy (non-hydrogen) atoms. The quantitative estimate of drug-likeness (QED) is 0.336. The van der Waals surface area contributed by atoms with E-state index in [1.54, 1.807) is 19.2 Å². The second kappa shape index (κ2) is 10.8. The highest BCUT2D eigenvalue weighted by Gasteiger charge is 2.20. The Kier molecular flexibility index (Phi) is 7.36. The van der Waals surface area contributed by atoms with E-state index >= 15 is 0 Å². The van der Waals surface area contributed by atoms with E-state index in [0.717, 1.165) is 22.4 Å². The maximum atomic E-state index is 13.2. The van der Waals surface area contributed by atoms with Gasteiger partial charge in [0.25, 0.3) is 0 Å². The number of ether oxygens (including phenoxy) is 1. The number of amides is 1. The van der Waals surface area contributed by atoms with E-state index in [1.165, 1.54) is 23.9 Å². The first kappa shape index (κ1) is 22.5. The van der Waals surface area contributed by atoms with Crippen molar-refractivity contribution in [3.8, 4) is 17.1 Å². The van der Waals surface area contributed by atoms with Crippen LogP contribution in [0.1, 0.15) is 22.8 Å². The van der Waals surface area contributed by atoms with Gasteiger partial charge in [0.2, 0.25) is 11.1 Å². The largest absolute Gasteiger partial charge is 0.497 e. The molecule has 4 aromatic rings. The highest BCUT2D eigenvalue weighted by atomic mass is 32.2.